The molecule has 0 aliphatic heterocycles. The maximum Gasteiger partial charge on any atom is 0.306 e. The molecule has 138 valence electrons. The number of fused-ring (bicyclic) bond motifs is 1. The maximum atomic E-state index is 12.6. The second kappa shape index (κ2) is 7.22. The Balaban J connectivity index is 1.77. The fourth-order valence-corrected chi connectivity index (χ4v) is 4.19. The quantitative estimate of drug-likeness (QED) is 0.476. The smallest absolute Gasteiger partial charge is 0.306 e. The van der Waals surface area contributed by atoms with Crippen molar-refractivity contribution in [1.29, 1.82) is 0 Å². The molecule has 3 rings (SSSR count). The Bertz CT molecular complexity index is 823. The summed E-state index contributed by atoms with van der Waals surface area (Å²) in [6.45, 7) is -0.149. The average Bonchev–Trinajstić information content (AvgIpc) is 2.97. The van der Waals surface area contributed by atoms with Crippen molar-refractivity contribution in [2.24, 2.45) is 23.5 Å². The highest BCUT2D eigenvalue weighted by atomic mass is 32.1. The number of aliphatic carboxylic acids is 1. The van der Waals surface area contributed by atoms with Crippen molar-refractivity contribution >= 4 is 38.3 Å². The highest BCUT2D eigenvalue weighted by molar-refractivity contribution is 7.22. The molecule has 4 N–H and O–H groups in total. The first-order chi connectivity index (χ1) is 12.4. The van der Waals surface area contributed by atoms with E-state index in [1.165, 1.54) is 11.3 Å². The second-order valence-electron chi connectivity index (χ2n) is 5.98. The van der Waals surface area contributed by atoms with Gasteiger partial charge in [-0.15, -0.1) is 21.5 Å². The average molecular weight is 380 g/mol. The Morgan fingerprint density at radius 1 is 1.58 bits per heavy atom. The minimum atomic E-state index is -1.13. The molecule has 2 aromatic heterocycles. The number of carbonyl (C=O) groups is 2. The summed E-state index contributed by atoms with van der Waals surface area (Å²) in [5.41, 5.74) is 5.68. The number of carboxylic acid groups (broad SMARTS) is 1. The molecule has 0 spiro atoms. The van der Waals surface area contributed by atoms with Gasteiger partial charge in [-0.25, -0.2) is 0 Å². The van der Waals surface area contributed by atoms with E-state index in [-0.39, 0.29) is 13.0 Å². The first kappa shape index (κ1) is 18.0. The fourth-order valence-electron chi connectivity index (χ4n) is 3.26. The Kier molecular flexibility index (Phi) is 5.00. The largest absolute Gasteiger partial charge is 0.481 e. The molecule has 1 fully saturated rings. The van der Waals surface area contributed by atoms with Crippen LogP contribution in [0.1, 0.15) is 6.42 Å². The maximum absolute atomic E-state index is 12.6. The van der Waals surface area contributed by atoms with Crippen molar-refractivity contribution in [3.63, 3.8) is 0 Å². The van der Waals surface area contributed by atoms with Crippen LogP contribution in [0.25, 0.3) is 10.1 Å². The number of nitrogens with one attached hydrogen (secondary N) is 1. The van der Waals surface area contributed by atoms with Crippen LogP contribution in [0, 0.1) is 27.9 Å². The molecule has 1 aliphatic rings. The van der Waals surface area contributed by atoms with Crippen molar-refractivity contribution in [2.75, 3.05) is 11.9 Å². The van der Waals surface area contributed by atoms with Crippen LogP contribution in [0.2, 0.25) is 0 Å². The Morgan fingerprint density at radius 3 is 2.96 bits per heavy atom. The number of hydrogen-bond donors (Lipinski definition) is 3. The molecular weight excluding hydrogens is 364 g/mol. The van der Waals surface area contributed by atoms with E-state index in [4.69, 9.17) is 5.73 Å². The topological polar surface area (TPSA) is 158 Å². The molecule has 1 saturated carbocycles. The van der Waals surface area contributed by atoms with Crippen molar-refractivity contribution in [3.05, 3.63) is 34.6 Å². The lowest BCUT2D eigenvalue weighted by Gasteiger charge is -2.43. The van der Waals surface area contributed by atoms with Gasteiger partial charge < -0.3 is 21.0 Å². The van der Waals surface area contributed by atoms with E-state index in [0.717, 1.165) is 10.1 Å². The molecule has 0 saturated heterocycles. The summed E-state index contributed by atoms with van der Waals surface area (Å²) in [5, 5.41) is 23.1. The summed E-state index contributed by atoms with van der Waals surface area (Å²) in [4.78, 5) is 43.1. The molecule has 0 aromatic carbocycles. The second-order valence-corrected chi connectivity index (χ2v) is 7.06. The number of nitrogens with zero attached hydrogens (tertiary/aromatic N) is 2. The highest BCUT2D eigenvalue weighted by Gasteiger charge is 2.53. The zero-order chi connectivity index (χ0) is 18.8. The van der Waals surface area contributed by atoms with E-state index in [1.54, 1.807) is 24.5 Å². The number of thiophene rings is 1. The number of rotatable bonds is 7. The van der Waals surface area contributed by atoms with Gasteiger partial charge in [0, 0.05) is 24.9 Å². The van der Waals surface area contributed by atoms with Crippen LogP contribution >= 0.6 is 11.3 Å². The summed E-state index contributed by atoms with van der Waals surface area (Å²) in [6.07, 6.45) is 2.31. The molecule has 2 aromatic rings. The summed E-state index contributed by atoms with van der Waals surface area (Å²) < 4.78 is 0.883. The highest BCUT2D eigenvalue weighted by Crippen LogP contribution is 2.43. The van der Waals surface area contributed by atoms with Crippen LogP contribution < -0.4 is 11.1 Å². The molecule has 1 aliphatic carbocycles. The fraction of sp³-hybridized carbons (Fsp3) is 0.400. The van der Waals surface area contributed by atoms with Gasteiger partial charge >= 0.3 is 5.97 Å². The number of carbonyl (C=O) groups excluding carboxylic acids is 1. The van der Waals surface area contributed by atoms with Gasteiger partial charge in [0.05, 0.1) is 21.5 Å². The molecule has 0 radical (unpaired) electrons. The van der Waals surface area contributed by atoms with Crippen LogP contribution in [0.5, 0.6) is 0 Å². The lowest BCUT2D eigenvalue weighted by Crippen LogP contribution is -2.55. The zero-order valence-electron chi connectivity index (χ0n) is 13.4. The summed E-state index contributed by atoms with van der Waals surface area (Å²) in [6, 6.07) is 3.57. The van der Waals surface area contributed by atoms with E-state index in [0.29, 0.717) is 5.00 Å². The summed E-state index contributed by atoms with van der Waals surface area (Å²) >= 11 is 1.32. The molecule has 4 atom stereocenters. The first-order valence-electron chi connectivity index (χ1n) is 7.79. The third-order valence-electron chi connectivity index (χ3n) is 4.54. The van der Waals surface area contributed by atoms with Gasteiger partial charge in [0.15, 0.2) is 0 Å². The van der Waals surface area contributed by atoms with Crippen LogP contribution in [-0.2, 0) is 14.4 Å². The van der Waals surface area contributed by atoms with Gasteiger partial charge in [0.2, 0.25) is 5.91 Å². The van der Waals surface area contributed by atoms with Crippen LogP contribution in [-0.4, -0.2) is 39.7 Å². The van der Waals surface area contributed by atoms with Crippen molar-refractivity contribution in [3.8, 4) is 0 Å². The van der Waals surface area contributed by atoms with Gasteiger partial charge in [0.25, 0.3) is 5.09 Å². The number of pyridine rings is 1. The molecule has 11 heteroatoms. The zero-order valence-corrected chi connectivity index (χ0v) is 14.2. The van der Waals surface area contributed by atoms with Gasteiger partial charge in [-0.3, -0.25) is 14.6 Å². The van der Waals surface area contributed by atoms with Gasteiger partial charge in [0.1, 0.15) is 6.10 Å². The molecule has 2 heterocycles. The van der Waals surface area contributed by atoms with Crippen LogP contribution in [0.15, 0.2) is 24.5 Å². The number of hydrogen-bond acceptors (Lipinski definition) is 8. The predicted molar refractivity (Wildman–Crippen MR) is 91.9 cm³/mol. The molecule has 0 bridgehead atoms. The molecule has 26 heavy (non-hydrogen) atoms. The van der Waals surface area contributed by atoms with Crippen molar-refractivity contribution in [2.45, 2.75) is 12.5 Å². The Morgan fingerprint density at radius 2 is 2.35 bits per heavy atom. The van der Waals surface area contributed by atoms with Gasteiger partial charge in [-0.2, -0.15) is 0 Å². The third kappa shape index (κ3) is 3.44. The van der Waals surface area contributed by atoms with Crippen LogP contribution in [0.4, 0.5) is 5.00 Å². The molecule has 10 nitrogen and oxygen atoms in total. The summed E-state index contributed by atoms with van der Waals surface area (Å²) in [5.74, 6) is -4.31. The van der Waals surface area contributed by atoms with Crippen molar-refractivity contribution in [1.82, 2.24) is 4.98 Å². The lowest BCUT2D eigenvalue weighted by molar-refractivity contribution is -0.775. The van der Waals surface area contributed by atoms with E-state index in [1.807, 2.05) is 0 Å². The summed E-state index contributed by atoms with van der Waals surface area (Å²) in [7, 11) is 0. The Labute approximate surface area is 151 Å². The number of anilines is 1. The normalized spacial score (nSPS) is 23.0. The van der Waals surface area contributed by atoms with Gasteiger partial charge in [-0.1, -0.05) is 0 Å². The minimum absolute atomic E-state index is 0.0285. The molecular formula is C15H16N4O6S. The number of nitrogens with two attached hydrogens (primary N) is 1. The lowest BCUT2D eigenvalue weighted by atomic mass is 9.64. The number of amides is 1. The van der Waals surface area contributed by atoms with Crippen molar-refractivity contribution < 1.29 is 24.6 Å². The monoisotopic (exact) mass is 380 g/mol. The predicted octanol–water partition coefficient (Wildman–Crippen LogP) is 1.11. The first-order valence-corrected chi connectivity index (χ1v) is 8.60. The SMILES string of the molecule is NCC(C(=O)Nc1cc2ccncc2s1)C1C(O[N+](=O)[O-])CC1C(=O)O. The molecule has 4 unspecified atom stereocenters. The van der Waals surface area contributed by atoms with E-state index in [2.05, 4.69) is 15.1 Å². The minimum Gasteiger partial charge on any atom is -0.481 e. The third-order valence-corrected chi connectivity index (χ3v) is 5.54. The Hall–Kier alpha value is -2.79. The number of carboxylic acids is 1. The van der Waals surface area contributed by atoms with E-state index in [9.17, 15) is 24.8 Å². The van der Waals surface area contributed by atoms with E-state index >= 15 is 0 Å². The molecule has 1 amide bonds. The van der Waals surface area contributed by atoms with E-state index < -0.39 is 40.8 Å². The van der Waals surface area contributed by atoms with Crippen LogP contribution in [0.3, 0.4) is 0 Å². The standard InChI is InChI=1S/C15H16N4O6S/c16-5-9(13-8(15(21)22)4-10(13)25-19(23)24)14(20)18-12-3-7-1-2-17-6-11(7)26-12/h1-3,6,8-10,13H,4-5,16H2,(H,18,20)(H,21,22). The van der Waals surface area contributed by atoms with Gasteiger partial charge in [-0.05, 0) is 23.9 Å². The number of aromatic nitrogens is 1.